The van der Waals surface area contributed by atoms with Crippen molar-refractivity contribution in [2.75, 3.05) is 38.6 Å². The number of carboxylic acid groups (broad SMARTS) is 1. The lowest BCUT2D eigenvalue weighted by Gasteiger charge is -2.19. The summed E-state index contributed by atoms with van der Waals surface area (Å²) in [5.74, 6) is -0.777. The molecule has 3 amide bonds. The van der Waals surface area contributed by atoms with Crippen LogP contribution in [0.3, 0.4) is 0 Å². The van der Waals surface area contributed by atoms with Gasteiger partial charge in [0.1, 0.15) is 5.75 Å². The van der Waals surface area contributed by atoms with E-state index in [-0.39, 0.29) is 30.5 Å². The van der Waals surface area contributed by atoms with Crippen LogP contribution in [-0.2, 0) is 9.59 Å². The fraction of sp³-hybridized carbons (Fsp3) is 0.471. The molecule has 144 valence electrons. The molecule has 1 aromatic carbocycles. The maximum Gasteiger partial charge on any atom is 0.321 e. The van der Waals surface area contributed by atoms with Crippen LogP contribution in [0.25, 0.3) is 0 Å². The maximum atomic E-state index is 12.0. The van der Waals surface area contributed by atoms with Crippen LogP contribution in [0.1, 0.15) is 20.3 Å². The predicted molar refractivity (Wildman–Crippen MR) is 98.8 cm³/mol. The van der Waals surface area contributed by atoms with Gasteiger partial charge in [-0.25, -0.2) is 4.79 Å². The summed E-state index contributed by atoms with van der Waals surface area (Å²) in [5.41, 5.74) is 0.435. The number of likely N-dealkylation sites (N-methyl/N-ethyl adjacent to an activating group) is 1. The number of hydrogen-bond acceptors (Lipinski definition) is 4. The van der Waals surface area contributed by atoms with Crippen molar-refractivity contribution in [1.29, 1.82) is 0 Å². The molecule has 0 radical (unpaired) electrons. The molecule has 0 aliphatic heterocycles. The van der Waals surface area contributed by atoms with Crippen LogP contribution >= 0.6 is 11.6 Å². The van der Waals surface area contributed by atoms with Crippen molar-refractivity contribution in [3.05, 3.63) is 23.2 Å². The van der Waals surface area contributed by atoms with E-state index in [2.05, 4.69) is 5.32 Å². The highest BCUT2D eigenvalue weighted by Crippen LogP contribution is 2.27. The van der Waals surface area contributed by atoms with Gasteiger partial charge in [-0.1, -0.05) is 11.6 Å². The van der Waals surface area contributed by atoms with Crippen LogP contribution in [0, 0.1) is 0 Å². The van der Waals surface area contributed by atoms with E-state index in [0.717, 1.165) is 0 Å². The standard InChI is InChI=1S/C17H24ClN3O5/c1-4-21(5-2)15(22)11-26-14-7-6-12(10-13(14)18)19-17(25)20(3)9-8-16(23)24/h6-7,10H,4-5,8-9,11H2,1-3H3,(H,19,25)(H,23,24). The molecule has 9 heteroatoms. The summed E-state index contributed by atoms with van der Waals surface area (Å²) >= 11 is 6.13. The summed E-state index contributed by atoms with van der Waals surface area (Å²) < 4.78 is 5.44. The topological polar surface area (TPSA) is 99.2 Å². The second-order valence-corrected chi connectivity index (χ2v) is 5.90. The highest BCUT2D eigenvalue weighted by Gasteiger charge is 2.14. The number of anilines is 1. The molecule has 0 atom stereocenters. The first kappa shape index (κ1) is 21.6. The van der Waals surface area contributed by atoms with E-state index in [1.165, 1.54) is 18.0 Å². The Morgan fingerprint density at radius 1 is 1.23 bits per heavy atom. The molecule has 0 fully saturated rings. The second-order valence-electron chi connectivity index (χ2n) is 5.50. The molecule has 1 aromatic rings. The number of carbonyl (C=O) groups is 3. The summed E-state index contributed by atoms with van der Waals surface area (Å²) in [6, 6.07) is 4.20. The minimum atomic E-state index is -0.978. The first-order valence-corrected chi connectivity index (χ1v) is 8.60. The number of benzene rings is 1. The van der Waals surface area contributed by atoms with Crippen molar-refractivity contribution in [3.8, 4) is 5.75 Å². The summed E-state index contributed by atoms with van der Waals surface area (Å²) in [6.45, 7) is 4.95. The Morgan fingerprint density at radius 2 is 1.88 bits per heavy atom. The molecule has 26 heavy (non-hydrogen) atoms. The predicted octanol–water partition coefficient (Wildman–Crippen LogP) is 2.53. The van der Waals surface area contributed by atoms with Crippen LogP contribution in [0.4, 0.5) is 10.5 Å². The van der Waals surface area contributed by atoms with E-state index in [4.69, 9.17) is 21.4 Å². The summed E-state index contributed by atoms with van der Waals surface area (Å²) in [7, 11) is 1.50. The van der Waals surface area contributed by atoms with Gasteiger partial charge in [0.05, 0.1) is 11.4 Å². The minimum Gasteiger partial charge on any atom is -0.482 e. The van der Waals surface area contributed by atoms with Gasteiger partial charge in [0.15, 0.2) is 6.61 Å². The Balaban J connectivity index is 2.62. The molecule has 0 aliphatic rings. The number of carboxylic acids is 1. The number of aliphatic carboxylic acids is 1. The van der Waals surface area contributed by atoms with E-state index >= 15 is 0 Å². The fourth-order valence-electron chi connectivity index (χ4n) is 2.09. The Hall–Kier alpha value is -2.48. The van der Waals surface area contributed by atoms with Crippen molar-refractivity contribution in [2.24, 2.45) is 0 Å². The molecule has 8 nitrogen and oxygen atoms in total. The number of urea groups is 1. The van der Waals surface area contributed by atoms with E-state index in [1.807, 2.05) is 13.8 Å². The Bertz CT molecular complexity index is 649. The second kappa shape index (κ2) is 10.5. The third kappa shape index (κ3) is 6.79. The van der Waals surface area contributed by atoms with Crippen molar-refractivity contribution in [3.63, 3.8) is 0 Å². The van der Waals surface area contributed by atoms with Crippen molar-refractivity contribution >= 4 is 35.2 Å². The Kier molecular flexibility index (Phi) is 8.71. The number of carbonyl (C=O) groups excluding carboxylic acids is 2. The summed E-state index contributed by atoms with van der Waals surface area (Å²) in [6.07, 6.45) is -0.141. The lowest BCUT2D eigenvalue weighted by molar-refractivity contribution is -0.137. The van der Waals surface area contributed by atoms with Crippen LogP contribution < -0.4 is 10.1 Å². The maximum absolute atomic E-state index is 12.0. The van der Waals surface area contributed by atoms with E-state index < -0.39 is 12.0 Å². The lowest BCUT2D eigenvalue weighted by atomic mass is 10.3. The van der Waals surface area contributed by atoms with E-state index in [9.17, 15) is 14.4 Å². The fourth-order valence-corrected chi connectivity index (χ4v) is 2.32. The SMILES string of the molecule is CCN(CC)C(=O)COc1ccc(NC(=O)N(C)CCC(=O)O)cc1Cl. The molecule has 0 spiro atoms. The van der Waals surface area contributed by atoms with Gasteiger partial charge in [0, 0.05) is 32.4 Å². The van der Waals surface area contributed by atoms with Gasteiger partial charge in [-0.05, 0) is 32.0 Å². The van der Waals surface area contributed by atoms with Crippen LogP contribution in [0.15, 0.2) is 18.2 Å². The van der Waals surface area contributed by atoms with Crippen molar-refractivity contribution < 1.29 is 24.2 Å². The Morgan fingerprint density at radius 3 is 2.42 bits per heavy atom. The number of nitrogens with zero attached hydrogens (tertiary/aromatic N) is 2. The molecule has 2 N–H and O–H groups in total. The van der Waals surface area contributed by atoms with Crippen LogP contribution in [0.5, 0.6) is 5.75 Å². The molecule has 0 aromatic heterocycles. The average Bonchev–Trinajstić information content (AvgIpc) is 2.59. The van der Waals surface area contributed by atoms with Crippen molar-refractivity contribution in [1.82, 2.24) is 9.80 Å². The number of halogens is 1. The van der Waals surface area contributed by atoms with Gasteiger partial charge in [-0.15, -0.1) is 0 Å². The number of rotatable bonds is 9. The zero-order valence-electron chi connectivity index (χ0n) is 15.1. The molecule has 0 bridgehead atoms. The normalized spacial score (nSPS) is 10.2. The van der Waals surface area contributed by atoms with Gasteiger partial charge in [-0.2, -0.15) is 0 Å². The quantitative estimate of drug-likeness (QED) is 0.680. The number of nitrogens with one attached hydrogen (secondary N) is 1. The van der Waals surface area contributed by atoms with Crippen LogP contribution in [0.2, 0.25) is 5.02 Å². The number of amides is 3. The minimum absolute atomic E-state index is 0.0869. The molecule has 1 rings (SSSR count). The highest BCUT2D eigenvalue weighted by molar-refractivity contribution is 6.32. The van der Waals surface area contributed by atoms with Crippen LogP contribution in [-0.4, -0.2) is 66.1 Å². The number of hydrogen-bond donors (Lipinski definition) is 2. The molecular weight excluding hydrogens is 362 g/mol. The molecule has 0 saturated heterocycles. The monoisotopic (exact) mass is 385 g/mol. The largest absolute Gasteiger partial charge is 0.482 e. The third-order valence-electron chi connectivity index (χ3n) is 3.66. The molecule has 0 aliphatic carbocycles. The average molecular weight is 386 g/mol. The zero-order chi connectivity index (χ0) is 19.7. The molecule has 0 saturated carbocycles. The molecule has 0 heterocycles. The molecular formula is C17H24ClN3O5. The molecule has 0 unspecified atom stereocenters. The lowest BCUT2D eigenvalue weighted by Crippen LogP contribution is -2.34. The van der Waals surface area contributed by atoms with Gasteiger partial charge >= 0.3 is 12.0 Å². The van der Waals surface area contributed by atoms with E-state index in [0.29, 0.717) is 24.5 Å². The Labute approximate surface area is 157 Å². The first-order chi connectivity index (χ1) is 12.3. The zero-order valence-corrected chi connectivity index (χ0v) is 15.9. The van der Waals surface area contributed by atoms with Gasteiger partial charge < -0.3 is 25.0 Å². The van der Waals surface area contributed by atoms with Crippen molar-refractivity contribution in [2.45, 2.75) is 20.3 Å². The van der Waals surface area contributed by atoms with Gasteiger partial charge in [0.25, 0.3) is 5.91 Å². The third-order valence-corrected chi connectivity index (χ3v) is 3.95. The summed E-state index contributed by atoms with van der Waals surface area (Å²) in [4.78, 5) is 37.4. The number of ether oxygens (including phenoxy) is 1. The van der Waals surface area contributed by atoms with Gasteiger partial charge in [0.2, 0.25) is 0 Å². The highest BCUT2D eigenvalue weighted by atomic mass is 35.5. The summed E-state index contributed by atoms with van der Waals surface area (Å²) in [5, 5.41) is 11.5. The van der Waals surface area contributed by atoms with Gasteiger partial charge in [-0.3, -0.25) is 9.59 Å². The van der Waals surface area contributed by atoms with E-state index in [1.54, 1.807) is 17.0 Å². The smallest absolute Gasteiger partial charge is 0.321 e. The first-order valence-electron chi connectivity index (χ1n) is 8.22.